The zero-order chi connectivity index (χ0) is 13.2. The lowest BCUT2D eigenvalue weighted by Gasteiger charge is -1.93. The molecule has 0 saturated carbocycles. The van der Waals surface area contributed by atoms with Crippen molar-refractivity contribution < 1.29 is 9.90 Å². The molecule has 2 N–H and O–H groups in total. The maximum Gasteiger partial charge on any atom is 0.265 e. The molecule has 0 spiro atoms. The molecule has 1 aromatic heterocycles. The second kappa shape index (κ2) is 4.44. The maximum absolute atomic E-state index is 11.8. The summed E-state index contributed by atoms with van der Waals surface area (Å²) < 4.78 is 0. The number of aromatic hydroxyl groups is 1. The minimum Gasteiger partial charge on any atom is -0.508 e. The number of hydrogen-bond acceptors (Lipinski definition) is 3. The summed E-state index contributed by atoms with van der Waals surface area (Å²) in [5.74, 6) is 0.566. The second-order valence-corrected chi connectivity index (χ2v) is 4.11. The van der Waals surface area contributed by atoms with Crippen molar-refractivity contribution in [3.05, 3.63) is 59.5 Å². The summed E-state index contributed by atoms with van der Waals surface area (Å²) in [4.78, 5) is 15.9. The van der Waals surface area contributed by atoms with Crippen LogP contribution in [0.25, 0.3) is 11.6 Å². The SMILES string of the molecule is O=C1Nc2ncccc2C1=C=Cc1ccc(O)cc1. The van der Waals surface area contributed by atoms with Crippen LogP contribution in [0.15, 0.2) is 48.3 Å². The average molecular weight is 250 g/mol. The Kier molecular flexibility index (Phi) is 2.63. The summed E-state index contributed by atoms with van der Waals surface area (Å²) in [5, 5.41) is 11.9. The Morgan fingerprint density at radius 2 is 2.00 bits per heavy atom. The van der Waals surface area contributed by atoms with Crippen molar-refractivity contribution in [1.82, 2.24) is 4.98 Å². The number of anilines is 1. The Balaban J connectivity index is 2.04. The predicted molar refractivity (Wildman–Crippen MR) is 72.4 cm³/mol. The molecule has 92 valence electrons. The molecule has 3 rings (SSSR count). The highest BCUT2D eigenvalue weighted by atomic mass is 16.3. The minimum absolute atomic E-state index is 0.205. The fourth-order valence-electron chi connectivity index (χ4n) is 1.87. The van der Waals surface area contributed by atoms with Crippen molar-refractivity contribution in [3.8, 4) is 5.75 Å². The molecule has 2 aromatic rings. The molecule has 1 aliphatic heterocycles. The molecule has 2 heterocycles. The number of rotatable bonds is 1. The Morgan fingerprint density at radius 3 is 2.79 bits per heavy atom. The Labute approximate surface area is 109 Å². The molecule has 0 saturated heterocycles. The lowest BCUT2D eigenvalue weighted by atomic mass is 10.1. The van der Waals surface area contributed by atoms with Crippen LogP contribution in [0.5, 0.6) is 5.75 Å². The van der Waals surface area contributed by atoms with E-state index in [1.54, 1.807) is 42.6 Å². The molecule has 0 atom stereocenters. The fourth-order valence-corrected chi connectivity index (χ4v) is 1.87. The van der Waals surface area contributed by atoms with Crippen LogP contribution < -0.4 is 5.32 Å². The van der Waals surface area contributed by atoms with Crippen LogP contribution in [0.4, 0.5) is 5.82 Å². The number of hydrogen-bond donors (Lipinski definition) is 2. The first-order valence-corrected chi connectivity index (χ1v) is 5.76. The fraction of sp³-hybridized carbons (Fsp3) is 0. The maximum atomic E-state index is 11.8. The Bertz CT molecular complexity index is 711. The number of amides is 1. The van der Waals surface area contributed by atoms with E-state index in [9.17, 15) is 9.90 Å². The molecule has 0 unspecified atom stereocenters. The topological polar surface area (TPSA) is 62.2 Å². The third-order valence-corrected chi connectivity index (χ3v) is 2.81. The van der Waals surface area contributed by atoms with Crippen LogP contribution in [0.2, 0.25) is 0 Å². The van der Waals surface area contributed by atoms with Crippen molar-refractivity contribution >= 4 is 23.4 Å². The molecular weight excluding hydrogens is 240 g/mol. The van der Waals surface area contributed by atoms with Crippen LogP contribution in [0.1, 0.15) is 11.1 Å². The summed E-state index contributed by atoms with van der Waals surface area (Å²) >= 11 is 0. The van der Waals surface area contributed by atoms with Crippen LogP contribution in [-0.2, 0) is 4.79 Å². The van der Waals surface area contributed by atoms with Gasteiger partial charge in [0.15, 0.2) is 0 Å². The first-order valence-electron chi connectivity index (χ1n) is 5.76. The molecule has 0 aliphatic carbocycles. The van der Waals surface area contributed by atoms with Gasteiger partial charge in [0.25, 0.3) is 5.91 Å². The molecular formula is C15H10N2O2. The number of benzene rings is 1. The van der Waals surface area contributed by atoms with Gasteiger partial charge in [0.2, 0.25) is 0 Å². The van der Waals surface area contributed by atoms with Gasteiger partial charge in [-0.15, -0.1) is 5.73 Å². The molecule has 1 aliphatic rings. The van der Waals surface area contributed by atoms with Crippen molar-refractivity contribution in [3.63, 3.8) is 0 Å². The molecule has 0 bridgehead atoms. The van der Waals surface area contributed by atoms with Gasteiger partial charge < -0.3 is 10.4 Å². The largest absolute Gasteiger partial charge is 0.508 e. The number of fused-ring (bicyclic) bond motifs is 1. The zero-order valence-electron chi connectivity index (χ0n) is 9.92. The highest BCUT2D eigenvalue weighted by molar-refractivity contribution is 6.31. The van der Waals surface area contributed by atoms with Crippen LogP contribution in [-0.4, -0.2) is 16.0 Å². The van der Waals surface area contributed by atoms with Gasteiger partial charge in [-0.05, 0) is 35.9 Å². The molecule has 1 aromatic carbocycles. The second-order valence-electron chi connectivity index (χ2n) is 4.11. The smallest absolute Gasteiger partial charge is 0.265 e. The molecule has 0 fully saturated rings. The number of carbonyl (C=O) groups excluding carboxylic acids is 1. The van der Waals surface area contributed by atoms with Gasteiger partial charge in [-0.2, -0.15) is 0 Å². The molecule has 0 radical (unpaired) electrons. The number of phenolic OH excluding ortho intramolecular Hbond substituents is 1. The van der Waals surface area contributed by atoms with Crippen molar-refractivity contribution in [2.75, 3.05) is 5.32 Å². The molecule has 4 heteroatoms. The molecule has 19 heavy (non-hydrogen) atoms. The molecule has 4 nitrogen and oxygen atoms in total. The highest BCUT2D eigenvalue weighted by Crippen LogP contribution is 2.28. The average Bonchev–Trinajstić information content (AvgIpc) is 2.74. The van der Waals surface area contributed by atoms with E-state index in [1.165, 1.54) is 0 Å². The van der Waals surface area contributed by atoms with Gasteiger partial charge in [-0.1, -0.05) is 12.1 Å². The Hall–Kier alpha value is -2.84. The van der Waals surface area contributed by atoms with E-state index in [-0.39, 0.29) is 11.7 Å². The van der Waals surface area contributed by atoms with Gasteiger partial charge in [0.05, 0.1) is 5.57 Å². The minimum atomic E-state index is -0.205. The van der Waals surface area contributed by atoms with E-state index >= 15 is 0 Å². The predicted octanol–water partition coefficient (Wildman–Crippen LogP) is 2.44. The number of pyridine rings is 1. The van der Waals surface area contributed by atoms with E-state index in [1.807, 2.05) is 6.07 Å². The van der Waals surface area contributed by atoms with Gasteiger partial charge in [0.1, 0.15) is 11.6 Å². The summed E-state index contributed by atoms with van der Waals surface area (Å²) in [6, 6.07) is 10.3. The number of nitrogens with zero attached hydrogens (tertiary/aromatic N) is 1. The van der Waals surface area contributed by atoms with Crippen molar-refractivity contribution in [1.29, 1.82) is 0 Å². The third-order valence-electron chi connectivity index (χ3n) is 2.81. The van der Waals surface area contributed by atoms with Gasteiger partial charge in [0, 0.05) is 11.8 Å². The summed E-state index contributed by atoms with van der Waals surface area (Å²) in [7, 11) is 0. The van der Waals surface area contributed by atoms with E-state index in [2.05, 4.69) is 16.0 Å². The van der Waals surface area contributed by atoms with Crippen molar-refractivity contribution in [2.24, 2.45) is 0 Å². The van der Waals surface area contributed by atoms with Gasteiger partial charge in [-0.3, -0.25) is 4.79 Å². The summed E-state index contributed by atoms with van der Waals surface area (Å²) in [6.45, 7) is 0. The monoisotopic (exact) mass is 250 g/mol. The first kappa shape index (κ1) is 11.3. The van der Waals surface area contributed by atoms with Crippen molar-refractivity contribution in [2.45, 2.75) is 0 Å². The standard InChI is InChI=1S/C15H10N2O2/c18-11-6-3-10(4-7-11)5-8-13-12-2-1-9-16-14(12)17-15(13)19/h1-7,9,18H,(H,16,17,19). The van der Waals surface area contributed by atoms with Crippen LogP contribution >= 0.6 is 0 Å². The van der Waals surface area contributed by atoms with Gasteiger partial charge in [-0.25, -0.2) is 4.98 Å². The quantitative estimate of drug-likeness (QED) is 0.603. The number of phenols is 1. The number of aromatic nitrogens is 1. The summed E-state index contributed by atoms with van der Waals surface area (Å²) in [5.41, 5.74) is 5.06. The van der Waals surface area contributed by atoms with E-state index < -0.39 is 0 Å². The van der Waals surface area contributed by atoms with Crippen LogP contribution in [0, 0.1) is 0 Å². The highest BCUT2D eigenvalue weighted by Gasteiger charge is 2.24. The lowest BCUT2D eigenvalue weighted by molar-refractivity contribution is -0.110. The molecule has 1 amide bonds. The zero-order valence-corrected chi connectivity index (χ0v) is 9.92. The lowest BCUT2D eigenvalue weighted by Crippen LogP contribution is -2.03. The van der Waals surface area contributed by atoms with E-state index in [0.29, 0.717) is 11.4 Å². The number of carbonyl (C=O) groups is 1. The normalized spacial score (nSPS) is 12.6. The van der Waals surface area contributed by atoms with E-state index in [0.717, 1.165) is 11.1 Å². The van der Waals surface area contributed by atoms with Gasteiger partial charge >= 0.3 is 0 Å². The van der Waals surface area contributed by atoms with E-state index in [4.69, 9.17) is 0 Å². The first-order chi connectivity index (χ1) is 9.24. The summed E-state index contributed by atoms with van der Waals surface area (Å²) in [6.07, 6.45) is 3.34. The Morgan fingerprint density at radius 1 is 1.21 bits per heavy atom. The van der Waals surface area contributed by atoms with Crippen LogP contribution in [0.3, 0.4) is 0 Å². The third kappa shape index (κ3) is 2.12. The number of nitrogens with one attached hydrogen (secondary N) is 1.